The monoisotopic (exact) mass is 411 g/mol. The smallest absolute Gasteiger partial charge is 0.0542 e. The van der Waals surface area contributed by atoms with Gasteiger partial charge in [0, 0.05) is 9.61 Å². The molecule has 3 heteroatoms. The number of hydrogen-bond acceptors (Lipinski definition) is 1. The van der Waals surface area contributed by atoms with Crippen molar-refractivity contribution in [3.8, 4) is 0 Å². The average Bonchev–Trinajstić information content (AvgIpc) is 2.46. The maximum atomic E-state index is 6.29. The number of hydrogen-bond donors (Lipinski definition) is 1. The van der Waals surface area contributed by atoms with Crippen molar-refractivity contribution in [2.45, 2.75) is 31.7 Å². The largest absolute Gasteiger partial charge is 0.310 e. The number of benzene rings is 2. The lowest BCUT2D eigenvalue weighted by molar-refractivity contribution is 0.436. The lowest BCUT2D eigenvalue weighted by Gasteiger charge is -2.33. The molecule has 2 aromatic rings. The number of fused-ring (bicyclic) bond motifs is 1. The molecular weight excluding hydrogens is 393 g/mol. The number of halogens is 2. The molecule has 1 aliphatic carbocycles. The van der Waals surface area contributed by atoms with Crippen LogP contribution in [0.4, 0.5) is 0 Å². The fourth-order valence-electron chi connectivity index (χ4n) is 3.17. The molecule has 2 aromatic carbocycles. The molecule has 1 N–H and O–H groups in total. The van der Waals surface area contributed by atoms with Crippen LogP contribution in [-0.4, -0.2) is 6.54 Å². The normalized spacial score (nSPS) is 18.0. The van der Waals surface area contributed by atoms with Gasteiger partial charge in [0.1, 0.15) is 0 Å². The first-order valence-electron chi connectivity index (χ1n) is 7.45. The van der Waals surface area contributed by atoms with Gasteiger partial charge < -0.3 is 5.32 Å². The lowest BCUT2D eigenvalue weighted by atomic mass is 9.74. The first kappa shape index (κ1) is 15.3. The molecule has 0 spiro atoms. The first-order chi connectivity index (χ1) is 10.2. The van der Waals surface area contributed by atoms with Gasteiger partial charge in [0.25, 0.3) is 0 Å². The Morgan fingerprint density at radius 2 is 2.10 bits per heavy atom. The number of nitrogens with one attached hydrogen (secondary N) is 1. The summed E-state index contributed by atoms with van der Waals surface area (Å²) in [5.41, 5.74) is 4.34. The minimum absolute atomic E-state index is 0.378. The maximum Gasteiger partial charge on any atom is 0.0542 e. The van der Waals surface area contributed by atoms with E-state index in [1.165, 1.54) is 23.1 Å². The molecule has 2 unspecified atom stereocenters. The van der Waals surface area contributed by atoms with Gasteiger partial charge in [0.05, 0.1) is 5.02 Å². The molecule has 0 aromatic heterocycles. The summed E-state index contributed by atoms with van der Waals surface area (Å²) < 4.78 is 1.11. The van der Waals surface area contributed by atoms with Gasteiger partial charge in [-0.3, -0.25) is 0 Å². The predicted molar refractivity (Wildman–Crippen MR) is 98.1 cm³/mol. The highest BCUT2D eigenvalue weighted by molar-refractivity contribution is 14.1. The molecule has 0 amide bonds. The van der Waals surface area contributed by atoms with E-state index < -0.39 is 0 Å². The molecule has 0 saturated heterocycles. The van der Waals surface area contributed by atoms with Crippen LogP contribution in [0.5, 0.6) is 0 Å². The Morgan fingerprint density at radius 1 is 1.29 bits per heavy atom. The minimum Gasteiger partial charge on any atom is -0.310 e. The Morgan fingerprint density at radius 3 is 2.81 bits per heavy atom. The second-order valence-corrected chi connectivity index (χ2v) is 7.19. The SMILES string of the molecule is CCNC(CC1Cc2ccccc21)c1ccc(I)c(Cl)c1. The van der Waals surface area contributed by atoms with Crippen molar-refractivity contribution in [3.63, 3.8) is 0 Å². The van der Waals surface area contributed by atoms with Gasteiger partial charge in [0.15, 0.2) is 0 Å². The highest BCUT2D eigenvalue weighted by Gasteiger charge is 2.28. The molecule has 3 rings (SSSR count). The molecule has 1 aliphatic rings. The van der Waals surface area contributed by atoms with Gasteiger partial charge in [-0.15, -0.1) is 0 Å². The Hall–Kier alpha value is -0.580. The second kappa shape index (κ2) is 6.67. The van der Waals surface area contributed by atoms with E-state index in [2.05, 4.69) is 77.3 Å². The van der Waals surface area contributed by atoms with E-state index in [4.69, 9.17) is 11.6 Å². The molecule has 0 fully saturated rings. The Bertz CT molecular complexity index is 641. The van der Waals surface area contributed by atoms with Crippen LogP contribution in [0.3, 0.4) is 0 Å². The fraction of sp³-hybridized carbons (Fsp3) is 0.333. The van der Waals surface area contributed by atoms with Crippen molar-refractivity contribution in [2.75, 3.05) is 6.54 Å². The van der Waals surface area contributed by atoms with Crippen LogP contribution in [-0.2, 0) is 6.42 Å². The molecule has 0 bridgehead atoms. The third kappa shape index (κ3) is 3.27. The van der Waals surface area contributed by atoms with E-state index in [1.807, 2.05) is 0 Å². The standard InChI is InChI=1S/C18H19ClIN/c1-2-21-18(13-7-8-17(20)16(19)10-13)11-14-9-12-5-3-4-6-15(12)14/h3-8,10,14,18,21H,2,9,11H2,1H3. The topological polar surface area (TPSA) is 12.0 Å². The molecule has 0 aliphatic heterocycles. The van der Waals surface area contributed by atoms with Crippen LogP contribution in [0.25, 0.3) is 0 Å². The molecule has 2 atom stereocenters. The number of rotatable bonds is 5. The molecule has 110 valence electrons. The zero-order valence-corrected chi connectivity index (χ0v) is 15.0. The van der Waals surface area contributed by atoms with Crippen molar-refractivity contribution in [1.29, 1.82) is 0 Å². The van der Waals surface area contributed by atoms with Gasteiger partial charge in [-0.2, -0.15) is 0 Å². The van der Waals surface area contributed by atoms with E-state index in [0.29, 0.717) is 12.0 Å². The summed E-state index contributed by atoms with van der Waals surface area (Å²) >= 11 is 8.57. The highest BCUT2D eigenvalue weighted by Crippen LogP contribution is 2.41. The van der Waals surface area contributed by atoms with Crippen molar-refractivity contribution in [2.24, 2.45) is 0 Å². The van der Waals surface area contributed by atoms with E-state index in [1.54, 1.807) is 0 Å². The molecule has 0 heterocycles. The zero-order valence-electron chi connectivity index (χ0n) is 12.1. The Labute approximate surface area is 145 Å². The third-order valence-electron chi connectivity index (χ3n) is 4.28. The van der Waals surface area contributed by atoms with Crippen molar-refractivity contribution >= 4 is 34.2 Å². The summed E-state index contributed by atoms with van der Waals surface area (Å²) in [7, 11) is 0. The summed E-state index contributed by atoms with van der Waals surface area (Å²) in [5, 5.41) is 4.47. The van der Waals surface area contributed by atoms with E-state index in [-0.39, 0.29) is 0 Å². The van der Waals surface area contributed by atoms with E-state index in [0.717, 1.165) is 21.6 Å². The predicted octanol–water partition coefficient (Wildman–Crippen LogP) is 5.33. The lowest BCUT2D eigenvalue weighted by Crippen LogP contribution is -2.27. The maximum absolute atomic E-state index is 6.29. The Balaban J connectivity index is 1.78. The molecule has 0 radical (unpaired) electrons. The van der Waals surface area contributed by atoms with Crippen molar-refractivity contribution < 1.29 is 0 Å². The van der Waals surface area contributed by atoms with Gasteiger partial charge in [0.2, 0.25) is 0 Å². The minimum atomic E-state index is 0.378. The van der Waals surface area contributed by atoms with Gasteiger partial charge >= 0.3 is 0 Å². The van der Waals surface area contributed by atoms with E-state index >= 15 is 0 Å². The van der Waals surface area contributed by atoms with Crippen LogP contribution in [0.1, 0.15) is 42.0 Å². The molecular formula is C18H19ClIN. The first-order valence-corrected chi connectivity index (χ1v) is 8.91. The van der Waals surface area contributed by atoms with Crippen LogP contribution in [0.2, 0.25) is 5.02 Å². The van der Waals surface area contributed by atoms with Gasteiger partial charge in [-0.25, -0.2) is 0 Å². The fourth-order valence-corrected chi connectivity index (χ4v) is 3.69. The van der Waals surface area contributed by atoms with Crippen molar-refractivity contribution in [1.82, 2.24) is 5.32 Å². The third-order valence-corrected chi connectivity index (χ3v) is 5.85. The van der Waals surface area contributed by atoms with E-state index in [9.17, 15) is 0 Å². The summed E-state index contributed by atoms with van der Waals surface area (Å²) in [5.74, 6) is 0.670. The second-order valence-electron chi connectivity index (χ2n) is 5.62. The van der Waals surface area contributed by atoms with Crippen LogP contribution >= 0.6 is 34.2 Å². The highest BCUT2D eigenvalue weighted by atomic mass is 127. The average molecular weight is 412 g/mol. The van der Waals surface area contributed by atoms with Gasteiger partial charge in [-0.05, 0) is 76.7 Å². The van der Waals surface area contributed by atoms with Crippen LogP contribution < -0.4 is 5.32 Å². The molecule has 0 saturated carbocycles. The zero-order chi connectivity index (χ0) is 14.8. The molecule has 1 nitrogen and oxygen atoms in total. The van der Waals surface area contributed by atoms with Gasteiger partial charge in [-0.1, -0.05) is 48.9 Å². The summed E-state index contributed by atoms with van der Waals surface area (Å²) in [6.07, 6.45) is 2.35. The van der Waals surface area contributed by atoms with Crippen molar-refractivity contribution in [3.05, 3.63) is 67.7 Å². The summed E-state index contributed by atoms with van der Waals surface area (Å²) in [6, 6.07) is 15.6. The van der Waals surface area contributed by atoms with Crippen LogP contribution in [0, 0.1) is 3.57 Å². The Kier molecular flexibility index (Phi) is 4.87. The quantitative estimate of drug-likeness (QED) is 0.656. The summed E-state index contributed by atoms with van der Waals surface area (Å²) in [4.78, 5) is 0. The summed E-state index contributed by atoms with van der Waals surface area (Å²) in [6.45, 7) is 3.14. The van der Waals surface area contributed by atoms with Crippen LogP contribution in [0.15, 0.2) is 42.5 Å². The molecule has 21 heavy (non-hydrogen) atoms.